The third-order valence-electron chi connectivity index (χ3n) is 15.9. The molecule has 360 valence electrons. The minimum atomic E-state index is -0.464. The minimum Gasteiger partial charge on any atom is -0.294 e. The molecule has 0 radical (unpaired) electrons. The lowest BCUT2D eigenvalue weighted by Crippen LogP contribution is -2.26. The van der Waals surface area contributed by atoms with Gasteiger partial charge in [0.1, 0.15) is 11.6 Å². The van der Waals surface area contributed by atoms with E-state index < -0.39 is 5.41 Å². The van der Waals surface area contributed by atoms with Crippen molar-refractivity contribution in [2.24, 2.45) is 0 Å². The van der Waals surface area contributed by atoms with Gasteiger partial charge in [-0.25, -0.2) is 9.97 Å². The third-order valence-corrected chi connectivity index (χ3v) is 18.1. The topological polar surface area (TPSA) is 35.6 Å². The van der Waals surface area contributed by atoms with Crippen molar-refractivity contribution in [1.82, 2.24) is 19.1 Å². The molecule has 0 saturated heterocycles. The highest BCUT2D eigenvalue weighted by Crippen LogP contribution is 2.63. The van der Waals surface area contributed by atoms with E-state index in [2.05, 4.69) is 240 Å². The molecule has 6 aromatic heterocycles. The van der Waals surface area contributed by atoms with Crippen molar-refractivity contribution in [3.05, 3.63) is 286 Å². The largest absolute Gasteiger partial charge is 0.294 e. The number of nitrogens with zero attached hydrogens (tertiary/aromatic N) is 4. The van der Waals surface area contributed by atoms with E-state index in [1.54, 1.807) is 0 Å². The Morgan fingerprint density at radius 1 is 0.325 bits per heavy atom. The fourth-order valence-electron chi connectivity index (χ4n) is 12.7. The molecule has 0 aliphatic heterocycles. The molecule has 2 aliphatic carbocycles. The highest BCUT2D eigenvalue weighted by Gasteiger charge is 2.51. The summed E-state index contributed by atoms with van der Waals surface area (Å²) in [6.07, 6.45) is 12.9. The number of rotatable bonds is 8. The van der Waals surface area contributed by atoms with E-state index in [0.29, 0.717) is 0 Å². The van der Waals surface area contributed by atoms with Crippen LogP contribution in [0, 0.1) is 0 Å². The average Bonchev–Trinajstić information content (AvgIpc) is 4.50. The zero-order chi connectivity index (χ0) is 50.6. The highest BCUT2D eigenvalue weighted by molar-refractivity contribution is 7.16. The minimum absolute atomic E-state index is 0.464. The number of hydrogen-bond acceptors (Lipinski definition) is 4. The number of fused-ring (bicyclic) bond motifs is 16. The molecule has 6 heteroatoms. The Hall–Kier alpha value is -9.46. The number of aromatic nitrogens is 4. The summed E-state index contributed by atoms with van der Waals surface area (Å²) in [7, 11) is 0. The quantitative estimate of drug-likeness (QED) is 0.152. The molecule has 0 amide bonds. The van der Waals surface area contributed by atoms with E-state index in [9.17, 15) is 0 Å². The van der Waals surface area contributed by atoms with Crippen LogP contribution in [0.3, 0.4) is 0 Å². The van der Waals surface area contributed by atoms with Gasteiger partial charge in [0.2, 0.25) is 0 Å². The standard InChI is InChI=1S/C71H44N4S2/c1-5-17-59-51(13-1)52-14-2-6-18-60(52)71(59)61-41-45(23-29-49-31-37-67(76-49)47-27-35-65-57(43-47)55-15-3-7-19-63(55)74(65)69-21-9-11-39-72-69)25-33-53(61)54-34-26-46(42-62(54)71)24-30-50-32-38-68(77-50)48-28-36-66-58(44-48)56-16-4-8-20-64(56)75(66)70-22-10-12-40-73-70/h1-44H/b29-23+,30-24+. The molecule has 0 atom stereocenters. The van der Waals surface area contributed by atoms with Gasteiger partial charge >= 0.3 is 0 Å². The van der Waals surface area contributed by atoms with Gasteiger partial charge in [0.25, 0.3) is 0 Å². The maximum atomic E-state index is 4.72. The third kappa shape index (κ3) is 6.76. The van der Waals surface area contributed by atoms with Gasteiger partial charge in [-0.2, -0.15) is 0 Å². The first kappa shape index (κ1) is 43.9. The molecule has 0 fully saturated rings. The Morgan fingerprint density at radius 3 is 1.23 bits per heavy atom. The van der Waals surface area contributed by atoms with E-state index in [4.69, 9.17) is 9.97 Å². The van der Waals surface area contributed by atoms with E-state index in [1.807, 2.05) is 59.3 Å². The number of benzene rings is 8. The smallest absolute Gasteiger partial charge is 0.137 e. The molecule has 0 unspecified atom stereocenters. The van der Waals surface area contributed by atoms with E-state index >= 15 is 0 Å². The fourth-order valence-corrected chi connectivity index (χ4v) is 14.5. The predicted octanol–water partition coefficient (Wildman–Crippen LogP) is 18.8. The molecule has 4 nitrogen and oxygen atoms in total. The van der Waals surface area contributed by atoms with E-state index in [1.165, 1.54) is 108 Å². The first-order valence-corrected chi connectivity index (χ1v) is 27.7. The fraction of sp³-hybridized carbons (Fsp3) is 0.0141. The van der Waals surface area contributed by atoms with Crippen molar-refractivity contribution in [2.75, 3.05) is 0 Å². The van der Waals surface area contributed by atoms with Gasteiger partial charge in [-0.3, -0.25) is 9.13 Å². The van der Waals surface area contributed by atoms with Crippen molar-refractivity contribution in [2.45, 2.75) is 5.41 Å². The first-order valence-electron chi connectivity index (χ1n) is 26.1. The van der Waals surface area contributed by atoms with Crippen LogP contribution in [0.5, 0.6) is 0 Å². The Balaban J connectivity index is 0.732. The summed E-state index contributed by atoms with van der Waals surface area (Å²) in [5.41, 5.74) is 19.5. The van der Waals surface area contributed by atoms with Gasteiger partial charge in [-0.15, -0.1) is 22.7 Å². The lowest BCUT2D eigenvalue weighted by molar-refractivity contribution is 0.793. The van der Waals surface area contributed by atoms with E-state index in [-0.39, 0.29) is 0 Å². The average molecular weight is 1020 g/mol. The van der Waals surface area contributed by atoms with Gasteiger partial charge in [0.15, 0.2) is 0 Å². The number of pyridine rings is 2. The molecule has 77 heavy (non-hydrogen) atoms. The van der Waals surface area contributed by atoms with Crippen LogP contribution in [-0.2, 0) is 5.41 Å². The molecule has 0 bridgehead atoms. The van der Waals surface area contributed by atoms with Crippen LogP contribution in [0.4, 0.5) is 0 Å². The molecule has 0 N–H and O–H groups in total. The van der Waals surface area contributed by atoms with Crippen LogP contribution in [0.15, 0.2) is 243 Å². The van der Waals surface area contributed by atoms with Crippen molar-refractivity contribution >= 4 is 90.6 Å². The first-order chi connectivity index (χ1) is 38.2. The maximum absolute atomic E-state index is 4.72. The molecule has 16 rings (SSSR count). The van der Waals surface area contributed by atoms with Gasteiger partial charge < -0.3 is 0 Å². The summed E-state index contributed by atoms with van der Waals surface area (Å²) < 4.78 is 4.54. The second-order valence-corrected chi connectivity index (χ2v) is 22.3. The van der Waals surface area contributed by atoms with Gasteiger partial charge in [-0.05, 0) is 176 Å². The van der Waals surface area contributed by atoms with Gasteiger partial charge in [0, 0.05) is 53.4 Å². The number of hydrogen-bond donors (Lipinski definition) is 0. The van der Waals surface area contributed by atoms with Crippen molar-refractivity contribution in [3.63, 3.8) is 0 Å². The summed E-state index contributed by atoms with van der Waals surface area (Å²) in [6, 6.07) is 84.6. The summed E-state index contributed by atoms with van der Waals surface area (Å²) in [6.45, 7) is 0. The van der Waals surface area contributed by atoms with Crippen LogP contribution in [0.25, 0.3) is 123 Å². The highest BCUT2D eigenvalue weighted by atomic mass is 32.1. The van der Waals surface area contributed by atoms with Crippen molar-refractivity contribution < 1.29 is 0 Å². The lowest BCUT2D eigenvalue weighted by atomic mass is 9.70. The molecule has 8 aromatic carbocycles. The Bertz CT molecular complexity index is 4450. The van der Waals surface area contributed by atoms with Crippen LogP contribution >= 0.6 is 22.7 Å². The Kier molecular flexibility index (Phi) is 9.86. The number of para-hydroxylation sites is 2. The predicted molar refractivity (Wildman–Crippen MR) is 324 cm³/mol. The van der Waals surface area contributed by atoms with Crippen molar-refractivity contribution in [3.8, 4) is 54.8 Å². The maximum Gasteiger partial charge on any atom is 0.137 e. The van der Waals surface area contributed by atoms with Crippen LogP contribution in [-0.4, -0.2) is 19.1 Å². The Morgan fingerprint density at radius 2 is 0.753 bits per heavy atom. The molecule has 6 heterocycles. The normalized spacial score (nSPS) is 13.2. The van der Waals surface area contributed by atoms with Gasteiger partial charge in [0.05, 0.1) is 27.5 Å². The molecule has 2 aliphatic rings. The molecule has 1 spiro atoms. The lowest BCUT2D eigenvalue weighted by Gasteiger charge is -2.30. The zero-order valence-corrected chi connectivity index (χ0v) is 43.1. The number of thiophene rings is 2. The second kappa shape index (κ2) is 17.3. The van der Waals surface area contributed by atoms with Crippen molar-refractivity contribution in [1.29, 1.82) is 0 Å². The Labute approximate surface area is 453 Å². The van der Waals surface area contributed by atoms with Crippen LogP contribution < -0.4 is 0 Å². The molecular formula is C71H44N4S2. The summed E-state index contributed by atoms with van der Waals surface area (Å²) in [5, 5.41) is 4.91. The molecular weight excluding hydrogens is 973 g/mol. The second-order valence-electron chi connectivity index (χ2n) is 20.1. The van der Waals surface area contributed by atoms with E-state index in [0.717, 1.165) is 33.7 Å². The van der Waals surface area contributed by atoms with Gasteiger partial charge in [-0.1, -0.05) is 146 Å². The van der Waals surface area contributed by atoms with Crippen LogP contribution in [0.1, 0.15) is 43.1 Å². The zero-order valence-electron chi connectivity index (χ0n) is 41.5. The summed E-state index contributed by atoms with van der Waals surface area (Å²) in [5.74, 6) is 1.85. The monoisotopic (exact) mass is 1020 g/mol. The summed E-state index contributed by atoms with van der Waals surface area (Å²) >= 11 is 3.66. The molecule has 0 saturated carbocycles. The summed E-state index contributed by atoms with van der Waals surface area (Å²) in [4.78, 5) is 14.4. The van der Waals surface area contributed by atoms with Crippen LogP contribution in [0.2, 0.25) is 0 Å². The molecule has 14 aromatic rings. The SMILES string of the molecule is C(=C\c1ccc(-c2ccc3c(c2)c2ccccc2n3-c2ccccn2)s1)/c1ccc2c(c1)C1(c3ccccc3-c3ccccc31)c1cc(/C=C/c3ccc(-c4ccc5c(c4)c4ccccc4n5-c4ccccn4)s3)ccc1-2.